The quantitative estimate of drug-likeness (QED) is 0.606. The molecule has 1 amide bonds. The molecule has 0 fully saturated rings. The lowest BCUT2D eigenvalue weighted by molar-refractivity contribution is -0.130. The smallest absolute Gasteiger partial charge is 0.239 e. The number of aliphatic imine (C=N–C) groups is 1. The van der Waals surface area contributed by atoms with Crippen LogP contribution in [0.5, 0.6) is 5.75 Å². The van der Waals surface area contributed by atoms with Gasteiger partial charge in [0.2, 0.25) is 5.91 Å². The van der Waals surface area contributed by atoms with Gasteiger partial charge in [-0.1, -0.05) is 18.1 Å². The molecule has 5 rings (SSSR count). The summed E-state index contributed by atoms with van der Waals surface area (Å²) >= 11 is 1.58. The summed E-state index contributed by atoms with van der Waals surface area (Å²) in [5.41, 5.74) is 10.3. The molecular weight excluding hydrogens is 432 g/mol. The molecule has 2 aromatic heterocycles. The first-order valence-corrected chi connectivity index (χ1v) is 11.6. The molecule has 0 bridgehead atoms. The minimum Gasteiger partial charge on any atom is -0.493 e. The summed E-state index contributed by atoms with van der Waals surface area (Å²) in [4.78, 5) is 25.1. The molecule has 6 nitrogen and oxygen atoms in total. The summed E-state index contributed by atoms with van der Waals surface area (Å²) in [7, 11) is 1.68. The van der Waals surface area contributed by atoms with Crippen LogP contribution in [-0.4, -0.2) is 35.4 Å². The molecule has 33 heavy (non-hydrogen) atoms. The van der Waals surface area contributed by atoms with Gasteiger partial charge < -0.3 is 10.5 Å². The summed E-state index contributed by atoms with van der Waals surface area (Å²) in [5.74, 6) is 6.51. The number of aromatic nitrogens is 1. The number of hydrogen-bond donors (Lipinski definition) is 1. The molecule has 0 unspecified atom stereocenters. The number of nitrogens with two attached hydrogens (primary N) is 1. The van der Waals surface area contributed by atoms with Crippen molar-refractivity contribution in [1.82, 2.24) is 9.88 Å². The van der Waals surface area contributed by atoms with Crippen molar-refractivity contribution in [3.05, 3.63) is 69.7 Å². The summed E-state index contributed by atoms with van der Waals surface area (Å²) in [6.45, 7) is 4.47. The molecule has 166 valence electrons. The number of benzene rings is 1. The summed E-state index contributed by atoms with van der Waals surface area (Å²) < 4.78 is 5.67. The molecule has 1 aromatic carbocycles. The number of ether oxygens (including phenoxy) is 1. The monoisotopic (exact) mass is 456 g/mol. The van der Waals surface area contributed by atoms with Gasteiger partial charge >= 0.3 is 0 Å². The number of fused-ring (bicyclic) bond motifs is 1. The van der Waals surface area contributed by atoms with E-state index < -0.39 is 11.5 Å². The van der Waals surface area contributed by atoms with Crippen LogP contribution in [0.2, 0.25) is 0 Å². The first kappa shape index (κ1) is 21.2. The standard InChI is InChI=1S/C26H24N4O2S/c1-4-5-16-10-19(14-28-13-16)20-12-22(33-15-20)26(2)23(24(31)30(3)25(27)29-26)18-6-7-21-17(11-18)8-9-32-21/h6-7,10-15,23H,8-9H2,1-3H3,(H2,27,29)/t23-,26+/m0/s1. The lowest BCUT2D eigenvalue weighted by Gasteiger charge is -2.40. The van der Waals surface area contributed by atoms with E-state index in [1.165, 1.54) is 4.90 Å². The molecule has 0 spiro atoms. The zero-order valence-corrected chi connectivity index (χ0v) is 19.6. The van der Waals surface area contributed by atoms with Gasteiger partial charge in [-0.05, 0) is 54.1 Å². The van der Waals surface area contributed by atoms with Crippen LogP contribution in [0.25, 0.3) is 11.1 Å². The van der Waals surface area contributed by atoms with E-state index in [0.29, 0.717) is 6.61 Å². The fourth-order valence-electron chi connectivity index (χ4n) is 4.54. The minimum atomic E-state index is -0.835. The molecule has 0 radical (unpaired) electrons. The average molecular weight is 457 g/mol. The predicted molar refractivity (Wildman–Crippen MR) is 130 cm³/mol. The van der Waals surface area contributed by atoms with Crippen LogP contribution in [0.3, 0.4) is 0 Å². The van der Waals surface area contributed by atoms with Crippen molar-refractivity contribution in [3.8, 4) is 28.7 Å². The van der Waals surface area contributed by atoms with Crippen LogP contribution >= 0.6 is 11.3 Å². The Balaban J connectivity index is 1.61. The SMILES string of the molecule is CC#Cc1cncc(-c2csc([C@@]3(C)N=C(N)N(C)C(=O)[C@@H]3c3ccc4c(c3)CCO4)c2)c1. The molecule has 7 heteroatoms. The second-order valence-electron chi connectivity index (χ2n) is 8.45. The molecule has 0 saturated heterocycles. The molecule has 2 atom stereocenters. The second kappa shape index (κ2) is 8.05. The van der Waals surface area contributed by atoms with Gasteiger partial charge in [-0.2, -0.15) is 0 Å². The first-order chi connectivity index (χ1) is 15.9. The maximum atomic E-state index is 13.5. The molecule has 2 aliphatic rings. The number of carbonyl (C=O) groups is 1. The number of likely N-dealkylation sites (N-methyl/N-ethyl adjacent to an activating group) is 1. The molecule has 4 heterocycles. The summed E-state index contributed by atoms with van der Waals surface area (Å²) in [6.07, 6.45) is 4.42. The predicted octanol–water partition coefficient (Wildman–Crippen LogP) is 3.90. The fraction of sp³-hybridized carbons (Fsp3) is 0.269. The third-order valence-electron chi connectivity index (χ3n) is 6.32. The van der Waals surface area contributed by atoms with Gasteiger partial charge in [0.1, 0.15) is 11.3 Å². The third kappa shape index (κ3) is 3.57. The van der Waals surface area contributed by atoms with Crippen molar-refractivity contribution in [2.45, 2.75) is 31.7 Å². The number of guanidine groups is 1. The van der Waals surface area contributed by atoms with Gasteiger partial charge in [0, 0.05) is 41.9 Å². The molecule has 0 saturated carbocycles. The van der Waals surface area contributed by atoms with E-state index in [1.807, 2.05) is 31.3 Å². The van der Waals surface area contributed by atoms with Gasteiger partial charge in [0.05, 0.1) is 12.5 Å². The van der Waals surface area contributed by atoms with Gasteiger partial charge in [0.25, 0.3) is 0 Å². The molecule has 3 aromatic rings. The van der Waals surface area contributed by atoms with Crippen LogP contribution in [0.1, 0.15) is 41.3 Å². The van der Waals surface area contributed by atoms with Gasteiger partial charge in [-0.3, -0.25) is 14.7 Å². The van der Waals surface area contributed by atoms with E-state index in [0.717, 1.165) is 44.9 Å². The van der Waals surface area contributed by atoms with E-state index >= 15 is 0 Å². The first-order valence-electron chi connectivity index (χ1n) is 10.8. The Labute approximate surface area is 197 Å². The van der Waals surface area contributed by atoms with Crippen molar-refractivity contribution >= 4 is 23.2 Å². The Morgan fingerprint density at radius 3 is 2.91 bits per heavy atom. The normalized spacial score (nSPS) is 21.7. The Hall–Kier alpha value is -3.63. The van der Waals surface area contributed by atoms with Crippen molar-refractivity contribution in [2.24, 2.45) is 10.7 Å². The number of carbonyl (C=O) groups excluding carboxylic acids is 1. The highest BCUT2D eigenvalue weighted by atomic mass is 32.1. The molecule has 2 aliphatic heterocycles. The van der Waals surface area contributed by atoms with Crippen LogP contribution < -0.4 is 10.5 Å². The molecule has 0 aliphatic carbocycles. The van der Waals surface area contributed by atoms with Crippen LogP contribution in [0, 0.1) is 11.8 Å². The Bertz CT molecular complexity index is 1350. The fourth-order valence-corrected chi connectivity index (χ4v) is 5.59. The zero-order valence-electron chi connectivity index (χ0n) is 18.8. The Kier molecular flexibility index (Phi) is 5.18. The Morgan fingerprint density at radius 2 is 2.09 bits per heavy atom. The van der Waals surface area contributed by atoms with E-state index in [4.69, 9.17) is 15.5 Å². The Morgan fingerprint density at radius 1 is 1.24 bits per heavy atom. The van der Waals surface area contributed by atoms with E-state index in [2.05, 4.69) is 34.3 Å². The summed E-state index contributed by atoms with van der Waals surface area (Å²) in [6, 6.07) is 10.1. The van der Waals surface area contributed by atoms with Crippen LogP contribution in [-0.2, 0) is 16.8 Å². The number of rotatable bonds is 3. The lowest BCUT2D eigenvalue weighted by Crippen LogP contribution is -2.52. The van der Waals surface area contributed by atoms with Gasteiger partial charge in [0.15, 0.2) is 5.96 Å². The maximum absolute atomic E-state index is 13.5. The minimum absolute atomic E-state index is 0.0688. The number of hydrogen-bond acceptors (Lipinski definition) is 6. The van der Waals surface area contributed by atoms with E-state index in [9.17, 15) is 4.79 Å². The topological polar surface area (TPSA) is 80.8 Å². The maximum Gasteiger partial charge on any atom is 0.239 e. The van der Waals surface area contributed by atoms with Crippen molar-refractivity contribution in [3.63, 3.8) is 0 Å². The van der Waals surface area contributed by atoms with Crippen LogP contribution in [0.4, 0.5) is 0 Å². The third-order valence-corrected chi connectivity index (χ3v) is 7.47. The highest BCUT2D eigenvalue weighted by molar-refractivity contribution is 7.10. The lowest BCUT2D eigenvalue weighted by atomic mass is 9.77. The average Bonchev–Trinajstić information content (AvgIpc) is 3.48. The molecular formula is C26H24N4O2S. The number of amides is 1. The van der Waals surface area contributed by atoms with E-state index in [-0.39, 0.29) is 11.9 Å². The van der Waals surface area contributed by atoms with Crippen molar-refractivity contribution < 1.29 is 9.53 Å². The number of pyridine rings is 1. The molecule has 2 N–H and O–H groups in total. The van der Waals surface area contributed by atoms with Gasteiger partial charge in [-0.15, -0.1) is 17.3 Å². The largest absolute Gasteiger partial charge is 0.493 e. The number of thiophene rings is 1. The second-order valence-corrected chi connectivity index (χ2v) is 9.36. The zero-order chi connectivity index (χ0) is 23.2. The van der Waals surface area contributed by atoms with Crippen molar-refractivity contribution in [2.75, 3.05) is 13.7 Å². The highest BCUT2D eigenvalue weighted by Gasteiger charge is 2.48. The van der Waals surface area contributed by atoms with Gasteiger partial charge in [-0.25, -0.2) is 4.99 Å². The van der Waals surface area contributed by atoms with Crippen LogP contribution in [0.15, 0.2) is 53.1 Å². The highest BCUT2D eigenvalue weighted by Crippen LogP contribution is 2.47. The number of nitrogens with zero attached hydrogens (tertiary/aromatic N) is 3. The van der Waals surface area contributed by atoms with Crippen molar-refractivity contribution in [1.29, 1.82) is 0 Å². The summed E-state index contributed by atoms with van der Waals surface area (Å²) in [5, 5.41) is 2.07. The van der Waals surface area contributed by atoms with E-state index in [1.54, 1.807) is 31.5 Å².